The molecule has 0 aromatic heterocycles. The van der Waals surface area contributed by atoms with Gasteiger partial charge in [0.1, 0.15) is 0 Å². The Hall–Kier alpha value is -0.570. The molecule has 0 bridgehead atoms. The largest absolute Gasteiger partial charge is 0.466 e. The maximum atomic E-state index is 11.6. The van der Waals surface area contributed by atoms with Gasteiger partial charge in [-0.15, -0.1) is 0 Å². The molecular weight excluding hydrogens is 178 g/mol. The topological polar surface area (TPSA) is 38.3 Å². The van der Waals surface area contributed by atoms with Gasteiger partial charge in [0, 0.05) is 6.54 Å². The SMILES string of the molecule is CCOC(=O)C1CNCC1CC(C)C. The van der Waals surface area contributed by atoms with E-state index in [0.29, 0.717) is 18.4 Å². The van der Waals surface area contributed by atoms with Crippen LogP contribution < -0.4 is 5.32 Å². The Morgan fingerprint density at radius 2 is 2.21 bits per heavy atom. The number of carbonyl (C=O) groups excluding carboxylic acids is 1. The van der Waals surface area contributed by atoms with Crippen molar-refractivity contribution in [1.29, 1.82) is 0 Å². The summed E-state index contributed by atoms with van der Waals surface area (Å²) in [6.45, 7) is 8.49. The van der Waals surface area contributed by atoms with E-state index < -0.39 is 0 Å². The second-order valence-electron chi connectivity index (χ2n) is 4.41. The highest BCUT2D eigenvalue weighted by atomic mass is 16.5. The molecule has 1 N–H and O–H groups in total. The van der Waals surface area contributed by atoms with E-state index in [1.807, 2.05) is 6.92 Å². The van der Waals surface area contributed by atoms with Crippen molar-refractivity contribution in [2.45, 2.75) is 27.2 Å². The molecule has 1 aliphatic heterocycles. The molecule has 0 amide bonds. The van der Waals surface area contributed by atoms with Crippen LogP contribution in [0.3, 0.4) is 0 Å². The van der Waals surface area contributed by atoms with Crippen molar-refractivity contribution in [3.8, 4) is 0 Å². The Balaban J connectivity index is 2.46. The zero-order valence-corrected chi connectivity index (χ0v) is 9.38. The van der Waals surface area contributed by atoms with Crippen molar-refractivity contribution < 1.29 is 9.53 Å². The fraction of sp³-hybridized carbons (Fsp3) is 0.909. The predicted octanol–water partition coefficient (Wildman–Crippen LogP) is 1.43. The van der Waals surface area contributed by atoms with Crippen LogP contribution in [-0.4, -0.2) is 25.7 Å². The van der Waals surface area contributed by atoms with E-state index >= 15 is 0 Å². The molecule has 0 aromatic rings. The highest BCUT2D eigenvalue weighted by Gasteiger charge is 2.33. The van der Waals surface area contributed by atoms with Crippen LogP contribution in [0.5, 0.6) is 0 Å². The molecule has 3 nitrogen and oxygen atoms in total. The molecule has 14 heavy (non-hydrogen) atoms. The van der Waals surface area contributed by atoms with Gasteiger partial charge in [0.2, 0.25) is 0 Å². The molecule has 1 aliphatic rings. The first kappa shape index (κ1) is 11.5. The van der Waals surface area contributed by atoms with Crippen LogP contribution in [-0.2, 0) is 9.53 Å². The lowest BCUT2D eigenvalue weighted by Crippen LogP contribution is -2.25. The maximum Gasteiger partial charge on any atom is 0.310 e. The van der Waals surface area contributed by atoms with E-state index in [4.69, 9.17) is 4.74 Å². The maximum absolute atomic E-state index is 11.6. The lowest BCUT2D eigenvalue weighted by Gasteiger charge is -2.18. The highest BCUT2D eigenvalue weighted by Crippen LogP contribution is 2.24. The van der Waals surface area contributed by atoms with Gasteiger partial charge in [-0.2, -0.15) is 0 Å². The molecule has 2 atom stereocenters. The van der Waals surface area contributed by atoms with E-state index in [9.17, 15) is 4.79 Å². The van der Waals surface area contributed by atoms with Gasteiger partial charge in [-0.05, 0) is 31.7 Å². The highest BCUT2D eigenvalue weighted by molar-refractivity contribution is 5.73. The molecule has 2 unspecified atom stereocenters. The molecule has 82 valence electrons. The minimum Gasteiger partial charge on any atom is -0.466 e. The summed E-state index contributed by atoms with van der Waals surface area (Å²) >= 11 is 0. The van der Waals surface area contributed by atoms with Crippen molar-refractivity contribution in [3.63, 3.8) is 0 Å². The molecule has 0 aromatic carbocycles. The molecule has 0 spiro atoms. The van der Waals surface area contributed by atoms with Crippen molar-refractivity contribution in [2.24, 2.45) is 17.8 Å². The number of carbonyl (C=O) groups is 1. The Labute approximate surface area is 86.2 Å². The average Bonchev–Trinajstić information content (AvgIpc) is 2.51. The van der Waals surface area contributed by atoms with Crippen LogP contribution >= 0.6 is 0 Å². The normalized spacial score (nSPS) is 26.9. The van der Waals surface area contributed by atoms with Crippen LogP contribution in [0.4, 0.5) is 0 Å². The van der Waals surface area contributed by atoms with Crippen LogP contribution in [0.1, 0.15) is 27.2 Å². The lowest BCUT2D eigenvalue weighted by atomic mass is 9.88. The summed E-state index contributed by atoms with van der Waals surface area (Å²) in [5, 5.41) is 3.27. The first-order valence-electron chi connectivity index (χ1n) is 5.52. The lowest BCUT2D eigenvalue weighted by molar-refractivity contribution is -0.148. The molecule has 1 saturated heterocycles. The molecule has 0 saturated carbocycles. The van der Waals surface area contributed by atoms with Gasteiger partial charge < -0.3 is 10.1 Å². The molecule has 0 radical (unpaired) electrons. The minimum absolute atomic E-state index is 0.0249. The monoisotopic (exact) mass is 199 g/mol. The third-order valence-electron chi connectivity index (χ3n) is 2.70. The van der Waals surface area contributed by atoms with Crippen LogP contribution in [0.2, 0.25) is 0 Å². The quantitative estimate of drug-likeness (QED) is 0.696. The van der Waals surface area contributed by atoms with Crippen LogP contribution in [0, 0.1) is 17.8 Å². The van der Waals surface area contributed by atoms with Gasteiger partial charge in [-0.1, -0.05) is 13.8 Å². The first-order chi connectivity index (χ1) is 6.65. The smallest absolute Gasteiger partial charge is 0.310 e. The van der Waals surface area contributed by atoms with Crippen LogP contribution in [0.25, 0.3) is 0 Å². The minimum atomic E-state index is -0.0249. The van der Waals surface area contributed by atoms with Gasteiger partial charge in [0.25, 0.3) is 0 Å². The number of hydrogen-bond donors (Lipinski definition) is 1. The predicted molar refractivity (Wildman–Crippen MR) is 55.9 cm³/mol. The van der Waals surface area contributed by atoms with Crippen molar-refractivity contribution in [3.05, 3.63) is 0 Å². The second-order valence-corrected chi connectivity index (χ2v) is 4.41. The molecule has 1 heterocycles. The van der Waals surface area contributed by atoms with E-state index in [1.54, 1.807) is 0 Å². The summed E-state index contributed by atoms with van der Waals surface area (Å²) in [5.74, 6) is 1.17. The van der Waals surface area contributed by atoms with Gasteiger partial charge in [-0.25, -0.2) is 0 Å². The number of nitrogens with one attached hydrogen (secondary N) is 1. The number of hydrogen-bond acceptors (Lipinski definition) is 3. The van der Waals surface area contributed by atoms with Crippen molar-refractivity contribution in [2.75, 3.05) is 19.7 Å². The zero-order valence-electron chi connectivity index (χ0n) is 9.38. The summed E-state index contributed by atoms with van der Waals surface area (Å²) < 4.78 is 5.06. The Kier molecular flexibility index (Phi) is 4.39. The number of esters is 1. The van der Waals surface area contributed by atoms with E-state index in [1.165, 1.54) is 0 Å². The van der Waals surface area contributed by atoms with E-state index in [-0.39, 0.29) is 11.9 Å². The zero-order chi connectivity index (χ0) is 10.6. The Bertz CT molecular complexity index is 192. The summed E-state index contributed by atoms with van der Waals surface area (Å²) in [6.07, 6.45) is 1.11. The van der Waals surface area contributed by atoms with E-state index in [0.717, 1.165) is 19.5 Å². The van der Waals surface area contributed by atoms with Gasteiger partial charge in [0.05, 0.1) is 12.5 Å². The second kappa shape index (κ2) is 5.35. The average molecular weight is 199 g/mol. The van der Waals surface area contributed by atoms with Crippen molar-refractivity contribution in [1.82, 2.24) is 5.32 Å². The number of ether oxygens (including phenoxy) is 1. The Morgan fingerprint density at radius 3 is 2.79 bits per heavy atom. The fourth-order valence-corrected chi connectivity index (χ4v) is 2.11. The standard InChI is InChI=1S/C11H21NO2/c1-4-14-11(13)10-7-12-6-9(10)5-8(2)3/h8-10,12H,4-7H2,1-3H3. The Morgan fingerprint density at radius 1 is 1.50 bits per heavy atom. The van der Waals surface area contributed by atoms with Crippen LogP contribution in [0.15, 0.2) is 0 Å². The van der Waals surface area contributed by atoms with Crippen molar-refractivity contribution >= 4 is 5.97 Å². The molecule has 1 fully saturated rings. The fourth-order valence-electron chi connectivity index (χ4n) is 2.11. The number of rotatable bonds is 4. The first-order valence-corrected chi connectivity index (χ1v) is 5.52. The third-order valence-corrected chi connectivity index (χ3v) is 2.70. The molecule has 0 aliphatic carbocycles. The summed E-state index contributed by atoms with van der Waals surface area (Å²) in [4.78, 5) is 11.6. The molecule has 3 heteroatoms. The summed E-state index contributed by atoms with van der Waals surface area (Å²) in [5.41, 5.74) is 0. The summed E-state index contributed by atoms with van der Waals surface area (Å²) in [7, 11) is 0. The van der Waals surface area contributed by atoms with Gasteiger partial charge >= 0.3 is 5.97 Å². The van der Waals surface area contributed by atoms with Gasteiger partial charge in [-0.3, -0.25) is 4.79 Å². The van der Waals surface area contributed by atoms with E-state index in [2.05, 4.69) is 19.2 Å². The molecular formula is C11H21NO2. The molecule has 1 rings (SSSR count). The summed E-state index contributed by atoms with van der Waals surface area (Å²) in [6, 6.07) is 0. The van der Waals surface area contributed by atoms with Gasteiger partial charge in [0.15, 0.2) is 0 Å². The third kappa shape index (κ3) is 2.98.